The van der Waals surface area contributed by atoms with Crippen LogP contribution in [0.3, 0.4) is 0 Å². The highest BCUT2D eigenvalue weighted by Crippen LogP contribution is 2.13. The number of nitrogens with zero attached hydrogens (tertiary/aromatic N) is 1. The molecule has 14 heavy (non-hydrogen) atoms. The van der Waals surface area contributed by atoms with Gasteiger partial charge < -0.3 is 10.2 Å². The van der Waals surface area contributed by atoms with Gasteiger partial charge in [-0.05, 0) is 45.7 Å². The van der Waals surface area contributed by atoms with E-state index in [-0.39, 0.29) is 5.91 Å². The molecule has 0 radical (unpaired) electrons. The predicted molar refractivity (Wildman–Crippen MR) is 58.1 cm³/mol. The van der Waals surface area contributed by atoms with Crippen LogP contribution in [-0.2, 0) is 4.79 Å². The summed E-state index contributed by atoms with van der Waals surface area (Å²) in [6, 6.07) is 0.328. The van der Waals surface area contributed by atoms with Crippen LogP contribution < -0.4 is 5.32 Å². The van der Waals surface area contributed by atoms with E-state index in [2.05, 4.69) is 19.2 Å². The Bertz CT molecular complexity index is 186. The summed E-state index contributed by atoms with van der Waals surface area (Å²) in [5.74, 6) is 0.848. The molecule has 1 atom stereocenters. The maximum absolute atomic E-state index is 11.4. The van der Waals surface area contributed by atoms with Crippen molar-refractivity contribution in [2.45, 2.75) is 39.7 Å². The molecule has 1 heterocycles. The van der Waals surface area contributed by atoms with Gasteiger partial charge in [0.05, 0.1) is 0 Å². The molecule has 1 aliphatic heterocycles. The molecule has 0 aromatic rings. The average Bonchev–Trinajstić information content (AvgIpc) is 2.15. The first-order valence-electron chi connectivity index (χ1n) is 5.59. The van der Waals surface area contributed by atoms with Crippen molar-refractivity contribution in [3.05, 3.63) is 0 Å². The van der Waals surface area contributed by atoms with E-state index in [9.17, 15) is 4.79 Å². The third kappa shape index (κ3) is 3.29. The lowest BCUT2D eigenvalue weighted by Gasteiger charge is -2.32. The maximum Gasteiger partial charge on any atom is 0.219 e. The molecular formula is C11H22N2O. The molecule has 0 aromatic carbocycles. The lowest BCUT2D eigenvalue weighted by atomic mass is 9.98. The van der Waals surface area contributed by atoms with Gasteiger partial charge in [0.1, 0.15) is 0 Å². The van der Waals surface area contributed by atoms with Crippen LogP contribution in [0.1, 0.15) is 33.6 Å². The first-order chi connectivity index (χ1) is 6.61. The quantitative estimate of drug-likeness (QED) is 0.740. The molecule has 0 aromatic heterocycles. The molecule has 1 amide bonds. The lowest BCUT2D eigenvalue weighted by molar-refractivity contribution is -0.131. The van der Waals surface area contributed by atoms with Crippen molar-refractivity contribution in [1.82, 2.24) is 10.2 Å². The minimum atomic E-state index is 0.200. The zero-order valence-corrected chi connectivity index (χ0v) is 9.55. The highest BCUT2D eigenvalue weighted by atomic mass is 16.2. The Morgan fingerprint density at radius 2 is 2.29 bits per heavy atom. The Kier molecular flexibility index (Phi) is 4.39. The van der Waals surface area contributed by atoms with E-state index in [1.54, 1.807) is 6.92 Å². The van der Waals surface area contributed by atoms with Crippen LogP contribution in [0.25, 0.3) is 0 Å². The number of nitrogens with one attached hydrogen (secondary N) is 1. The van der Waals surface area contributed by atoms with Gasteiger partial charge >= 0.3 is 0 Å². The van der Waals surface area contributed by atoms with Crippen LogP contribution in [0, 0.1) is 5.92 Å². The smallest absolute Gasteiger partial charge is 0.219 e. The average molecular weight is 198 g/mol. The minimum absolute atomic E-state index is 0.200. The third-order valence-corrected chi connectivity index (χ3v) is 2.88. The molecule has 0 saturated carbocycles. The summed E-state index contributed by atoms with van der Waals surface area (Å²) in [6.07, 6.45) is 2.50. The van der Waals surface area contributed by atoms with Crippen LogP contribution in [0.15, 0.2) is 0 Å². The molecule has 0 spiro atoms. The van der Waals surface area contributed by atoms with Crippen molar-refractivity contribution in [2.24, 2.45) is 5.92 Å². The molecule has 82 valence electrons. The Labute approximate surface area is 86.9 Å². The number of carbonyl (C=O) groups excluding carboxylic acids is 1. The number of amides is 1. The van der Waals surface area contributed by atoms with Crippen molar-refractivity contribution in [3.8, 4) is 0 Å². The fourth-order valence-electron chi connectivity index (χ4n) is 2.06. The van der Waals surface area contributed by atoms with Crippen molar-refractivity contribution in [2.75, 3.05) is 19.6 Å². The van der Waals surface area contributed by atoms with E-state index in [1.807, 2.05) is 4.90 Å². The van der Waals surface area contributed by atoms with Crippen LogP contribution in [0.2, 0.25) is 0 Å². The highest BCUT2D eigenvalue weighted by molar-refractivity contribution is 5.73. The molecule has 1 fully saturated rings. The normalized spacial score (nSPS) is 22.4. The van der Waals surface area contributed by atoms with Gasteiger partial charge in [-0.2, -0.15) is 0 Å². The Morgan fingerprint density at radius 3 is 2.71 bits per heavy atom. The topological polar surface area (TPSA) is 32.3 Å². The van der Waals surface area contributed by atoms with E-state index in [0.717, 1.165) is 19.6 Å². The second-order valence-electron chi connectivity index (χ2n) is 4.48. The Morgan fingerprint density at radius 1 is 1.57 bits per heavy atom. The van der Waals surface area contributed by atoms with Gasteiger partial charge in [-0.3, -0.25) is 4.79 Å². The summed E-state index contributed by atoms with van der Waals surface area (Å²) < 4.78 is 0. The number of rotatable bonds is 3. The zero-order valence-electron chi connectivity index (χ0n) is 9.55. The predicted octanol–water partition coefficient (Wildman–Crippen LogP) is 1.24. The molecule has 1 saturated heterocycles. The minimum Gasteiger partial charge on any atom is -0.340 e. The first kappa shape index (κ1) is 11.5. The molecule has 1 rings (SSSR count). The van der Waals surface area contributed by atoms with Crippen LogP contribution in [0.5, 0.6) is 0 Å². The standard InChI is InChI=1S/C11H22N2O/c1-9(2)13(10(3)14)8-11-5-4-6-12-7-11/h9,11-12H,4-8H2,1-3H3/t11-/m1/s1. The second-order valence-corrected chi connectivity index (χ2v) is 4.48. The van der Waals surface area contributed by atoms with E-state index >= 15 is 0 Å². The van der Waals surface area contributed by atoms with Crippen LogP contribution >= 0.6 is 0 Å². The van der Waals surface area contributed by atoms with E-state index in [4.69, 9.17) is 0 Å². The number of piperidine rings is 1. The van der Waals surface area contributed by atoms with Crippen molar-refractivity contribution < 1.29 is 4.79 Å². The summed E-state index contributed by atoms with van der Waals surface area (Å²) in [5.41, 5.74) is 0. The van der Waals surface area contributed by atoms with Gasteiger partial charge in [0, 0.05) is 19.5 Å². The van der Waals surface area contributed by atoms with E-state index in [1.165, 1.54) is 12.8 Å². The summed E-state index contributed by atoms with van der Waals surface area (Å²) in [4.78, 5) is 13.3. The SMILES string of the molecule is CC(=O)N(C[C@@H]1CCCNC1)C(C)C. The van der Waals surface area contributed by atoms with Gasteiger partial charge in [-0.15, -0.1) is 0 Å². The van der Waals surface area contributed by atoms with Gasteiger partial charge in [-0.1, -0.05) is 0 Å². The van der Waals surface area contributed by atoms with Gasteiger partial charge in [0.2, 0.25) is 5.91 Å². The molecule has 3 heteroatoms. The molecule has 0 bridgehead atoms. The fourth-order valence-corrected chi connectivity index (χ4v) is 2.06. The summed E-state index contributed by atoms with van der Waals surface area (Å²) in [7, 11) is 0. The van der Waals surface area contributed by atoms with Crippen molar-refractivity contribution in [3.63, 3.8) is 0 Å². The maximum atomic E-state index is 11.4. The number of hydrogen-bond acceptors (Lipinski definition) is 2. The summed E-state index contributed by atoms with van der Waals surface area (Å²) in [6.45, 7) is 8.94. The first-order valence-corrected chi connectivity index (χ1v) is 5.59. The number of carbonyl (C=O) groups is 1. The lowest BCUT2D eigenvalue weighted by Crippen LogP contribution is -2.43. The molecule has 0 unspecified atom stereocenters. The summed E-state index contributed by atoms with van der Waals surface area (Å²) >= 11 is 0. The third-order valence-electron chi connectivity index (χ3n) is 2.88. The zero-order chi connectivity index (χ0) is 10.6. The van der Waals surface area contributed by atoms with Crippen LogP contribution in [0.4, 0.5) is 0 Å². The Balaban J connectivity index is 2.41. The fraction of sp³-hybridized carbons (Fsp3) is 0.909. The molecule has 3 nitrogen and oxygen atoms in total. The molecule has 1 N–H and O–H groups in total. The van der Waals surface area contributed by atoms with Crippen molar-refractivity contribution in [1.29, 1.82) is 0 Å². The van der Waals surface area contributed by atoms with Crippen LogP contribution in [-0.4, -0.2) is 36.5 Å². The molecular weight excluding hydrogens is 176 g/mol. The monoisotopic (exact) mass is 198 g/mol. The van der Waals surface area contributed by atoms with Gasteiger partial charge in [0.25, 0.3) is 0 Å². The van der Waals surface area contributed by atoms with E-state index in [0.29, 0.717) is 12.0 Å². The number of hydrogen-bond donors (Lipinski definition) is 1. The van der Waals surface area contributed by atoms with Crippen molar-refractivity contribution >= 4 is 5.91 Å². The largest absolute Gasteiger partial charge is 0.340 e. The second kappa shape index (κ2) is 5.35. The van der Waals surface area contributed by atoms with Gasteiger partial charge in [-0.25, -0.2) is 0 Å². The highest BCUT2D eigenvalue weighted by Gasteiger charge is 2.20. The molecule has 1 aliphatic rings. The molecule has 0 aliphatic carbocycles. The van der Waals surface area contributed by atoms with E-state index < -0.39 is 0 Å². The van der Waals surface area contributed by atoms with Gasteiger partial charge in [0.15, 0.2) is 0 Å². The Hall–Kier alpha value is -0.570. The summed E-state index contributed by atoms with van der Waals surface area (Å²) in [5, 5.41) is 3.38.